The number of ether oxygens (including phenoxy) is 1. The first-order valence-corrected chi connectivity index (χ1v) is 11.7. The Kier molecular flexibility index (Phi) is 7.47. The number of aliphatic hydroxyl groups is 1. The third-order valence-corrected chi connectivity index (χ3v) is 6.80. The van der Waals surface area contributed by atoms with E-state index >= 15 is 0 Å². The molecule has 0 spiro atoms. The fourth-order valence-corrected chi connectivity index (χ4v) is 5.14. The molecule has 0 aliphatic heterocycles. The second kappa shape index (κ2) is 10.7. The van der Waals surface area contributed by atoms with E-state index in [2.05, 4.69) is 34.9 Å². The molecule has 2 aromatic carbocycles. The van der Waals surface area contributed by atoms with Crippen LogP contribution in [-0.4, -0.2) is 53.5 Å². The number of benzene rings is 2. The van der Waals surface area contributed by atoms with Crippen LogP contribution in [0.5, 0.6) is 0 Å². The molecular weight excluding hydrogens is 436 g/mol. The summed E-state index contributed by atoms with van der Waals surface area (Å²) < 4.78 is 5.63. The molecule has 0 aromatic heterocycles. The summed E-state index contributed by atoms with van der Waals surface area (Å²) in [7, 11) is 0. The summed E-state index contributed by atoms with van der Waals surface area (Å²) in [5, 5.41) is 23.5. The van der Waals surface area contributed by atoms with Gasteiger partial charge in [0.2, 0.25) is 5.91 Å². The van der Waals surface area contributed by atoms with E-state index in [1.54, 1.807) is 0 Å². The number of carboxylic acid groups (broad SMARTS) is 1. The Morgan fingerprint density at radius 2 is 1.65 bits per heavy atom. The first-order valence-electron chi connectivity index (χ1n) is 11.7. The van der Waals surface area contributed by atoms with Crippen LogP contribution in [0.2, 0.25) is 0 Å². The lowest BCUT2D eigenvalue weighted by molar-refractivity contribution is -0.142. The largest absolute Gasteiger partial charge is 0.480 e. The summed E-state index contributed by atoms with van der Waals surface area (Å²) in [4.78, 5) is 36.2. The van der Waals surface area contributed by atoms with Gasteiger partial charge in [0.25, 0.3) is 0 Å². The minimum absolute atomic E-state index is 0.0252. The summed E-state index contributed by atoms with van der Waals surface area (Å²) in [6.45, 7) is -0.105. The van der Waals surface area contributed by atoms with Gasteiger partial charge < -0.3 is 25.6 Å². The van der Waals surface area contributed by atoms with Crippen LogP contribution in [-0.2, 0) is 14.3 Å². The lowest BCUT2D eigenvalue weighted by atomic mass is 9.98. The van der Waals surface area contributed by atoms with Crippen LogP contribution in [0.25, 0.3) is 11.1 Å². The molecule has 2 unspecified atom stereocenters. The molecule has 34 heavy (non-hydrogen) atoms. The number of nitrogens with one attached hydrogen (secondary N) is 2. The lowest BCUT2D eigenvalue weighted by Crippen LogP contribution is -2.44. The van der Waals surface area contributed by atoms with Gasteiger partial charge in [0.1, 0.15) is 12.6 Å². The highest BCUT2D eigenvalue weighted by atomic mass is 16.5. The zero-order valence-corrected chi connectivity index (χ0v) is 18.9. The maximum atomic E-state index is 12.6. The van der Waals surface area contributed by atoms with Crippen LogP contribution >= 0.6 is 0 Å². The molecule has 2 aromatic rings. The Morgan fingerprint density at radius 1 is 1.00 bits per heavy atom. The van der Waals surface area contributed by atoms with Gasteiger partial charge in [-0.1, -0.05) is 55.0 Å². The number of carbonyl (C=O) groups excluding carboxylic acids is 2. The normalized spacial score (nSPS) is 19.7. The molecule has 4 N–H and O–H groups in total. The highest BCUT2D eigenvalue weighted by molar-refractivity contribution is 5.83. The smallest absolute Gasteiger partial charge is 0.407 e. The number of carbonyl (C=O) groups is 3. The van der Waals surface area contributed by atoms with Crippen molar-refractivity contribution in [2.24, 2.45) is 5.92 Å². The van der Waals surface area contributed by atoms with Gasteiger partial charge in [-0.25, -0.2) is 9.59 Å². The average Bonchev–Trinajstić information content (AvgIpc) is 3.39. The Morgan fingerprint density at radius 3 is 2.26 bits per heavy atom. The maximum Gasteiger partial charge on any atom is 0.407 e. The minimum atomic E-state index is -1.18. The van der Waals surface area contributed by atoms with Crippen molar-refractivity contribution in [1.29, 1.82) is 0 Å². The van der Waals surface area contributed by atoms with Crippen LogP contribution in [0.4, 0.5) is 4.79 Å². The number of amides is 2. The molecule has 4 rings (SSSR count). The lowest BCUT2D eigenvalue weighted by Gasteiger charge is -2.22. The SMILES string of the molecule is O=C(CC1CCCC1NC(=O)OCC1c2ccccc2-c2ccccc21)N[C@@H](CCO)C(=O)O. The predicted octanol–water partition coefficient (Wildman–Crippen LogP) is 3.04. The zero-order chi connectivity index (χ0) is 24.1. The Labute approximate surface area is 198 Å². The summed E-state index contributed by atoms with van der Waals surface area (Å²) in [6, 6.07) is 14.9. The first kappa shape index (κ1) is 23.8. The minimum Gasteiger partial charge on any atom is -0.480 e. The highest BCUT2D eigenvalue weighted by Gasteiger charge is 2.33. The molecule has 2 aliphatic rings. The van der Waals surface area contributed by atoms with E-state index in [9.17, 15) is 14.4 Å². The van der Waals surface area contributed by atoms with Crippen molar-refractivity contribution in [2.75, 3.05) is 13.2 Å². The molecular formula is C26H30N2O6. The van der Waals surface area contributed by atoms with Gasteiger partial charge >= 0.3 is 12.1 Å². The van der Waals surface area contributed by atoms with E-state index in [1.165, 1.54) is 0 Å². The summed E-state index contributed by atoms with van der Waals surface area (Å²) in [6.07, 6.45) is 1.92. The van der Waals surface area contributed by atoms with Gasteiger partial charge in [-0.3, -0.25) is 4.79 Å². The Balaban J connectivity index is 1.32. The molecule has 0 bridgehead atoms. The molecule has 2 amide bonds. The van der Waals surface area contributed by atoms with E-state index in [-0.39, 0.29) is 43.9 Å². The number of carboxylic acids is 1. The Bertz CT molecular complexity index is 1010. The van der Waals surface area contributed by atoms with Crippen molar-refractivity contribution in [3.8, 4) is 11.1 Å². The Hall–Kier alpha value is -3.39. The number of alkyl carbamates (subject to hydrolysis) is 1. The number of fused-ring (bicyclic) bond motifs is 3. The fraction of sp³-hybridized carbons (Fsp3) is 0.423. The van der Waals surface area contributed by atoms with Crippen LogP contribution in [0.15, 0.2) is 48.5 Å². The van der Waals surface area contributed by atoms with E-state index in [0.717, 1.165) is 41.5 Å². The third kappa shape index (κ3) is 5.22. The maximum absolute atomic E-state index is 12.6. The summed E-state index contributed by atoms with van der Waals surface area (Å²) in [5.74, 6) is -1.69. The molecule has 0 radical (unpaired) electrons. The van der Waals surface area contributed by atoms with Crippen molar-refractivity contribution >= 4 is 18.0 Å². The van der Waals surface area contributed by atoms with E-state index in [4.69, 9.17) is 14.9 Å². The molecule has 2 aliphatic carbocycles. The molecule has 1 fully saturated rings. The quantitative estimate of drug-likeness (QED) is 0.450. The van der Waals surface area contributed by atoms with Gasteiger partial charge in [0.15, 0.2) is 0 Å². The molecule has 8 heteroatoms. The number of aliphatic carboxylic acids is 1. The van der Waals surface area contributed by atoms with Gasteiger partial charge in [0, 0.05) is 31.4 Å². The molecule has 1 saturated carbocycles. The van der Waals surface area contributed by atoms with Gasteiger partial charge in [-0.05, 0) is 41.0 Å². The zero-order valence-electron chi connectivity index (χ0n) is 18.9. The number of rotatable bonds is 9. The van der Waals surface area contributed by atoms with Crippen LogP contribution in [0.3, 0.4) is 0 Å². The van der Waals surface area contributed by atoms with E-state index in [1.807, 2.05) is 24.3 Å². The number of hydrogen-bond donors (Lipinski definition) is 4. The van der Waals surface area contributed by atoms with Crippen LogP contribution < -0.4 is 10.6 Å². The predicted molar refractivity (Wildman–Crippen MR) is 125 cm³/mol. The van der Waals surface area contributed by atoms with Crippen molar-refractivity contribution < 1.29 is 29.3 Å². The summed E-state index contributed by atoms with van der Waals surface area (Å²) >= 11 is 0. The number of aliphatic hydroxyl groups excluding tert-OH is 1. The summed E-state index contributed by atoms with van der Waals surface area (Å²) in [5.41, 5.74) is 4.61. The fourth-order valence-electron chi connectivity index (χ4n) is 5.14. The molecule has 180 valence electrons. The average molecular weight is 467 g/mol. The molecule has 8 nitrogen and oxygen atoms in total. The molecule has 3 atom stereocenters. The first-order chi connectivity index (χ1) is 16.5. The van der Waals surface area contributed by atoms with Crippen molar-refractivity contribution in [2.45, 2.75) is 50.1 Å². The van der Waals surface area contributed by atoms with E-state index < -0.39 is 24.0 Å². The third-order valence-electron chi connectivity index (χ3n) is 6.80. The van der Waals surface area contributed by atoms with Crippen LogP contribution in [0.1, 0.15) is 49.1 Å². The van der Waals surface area contributed by atoms with E-state index in [0.29, 0.717) is 0 Å². The van der Waals surface area contributed by atoms with Crippen molar-refractivity contribution in [3.05, 3.63) is 59.7 Å². The monoisotopic (exact) mass is 466 g/mol. The molecule has 0 saturated heterocycles. The highest BCUT2D eigenvalue weighted by Crippen LogP contribution is 2.44. The van der Waals surface area contributed by atoms with Crippen molar-refractivity contribution in [3.63, 3.8) is 0 Å². The van der Waals surface area contributed by atoms with Gasteiger partial charge in [0.05, 0.1) is 0 Å². The number of hydrogen-bond acceptors (Lipinski definition) is 5. The second-order valence-electron chi connectivity index (χ2n) is 8.94. The molecule has 0 heterocycles. The van der Waals surface area contributed by atoms with Gasteiger partial charge in [-0.15, -0.1) is 0 Å². The van der Waals surface area contributed by atoms with Crippen molar-refractivity contribution in [1.82, 2.24) is 10.6 Å². The standard InChI is InChI=1S/C26H30N2O6/c29-13-12-23(25(31)32)27-24(30)14-16-6-5-11-22(16)28-26(33)34-15-21-19-9-3-1-7-17(19)18-8-2-4-10-20(18)21/h1-4,7-10,16,21-23,29H,5-6,11-15H2,(H,27,30)(H,28,33)(H,31,32)/t16?,22?,23-/m0/s1. The van der Waals surface area contributed by atoms with Crippen LogP contribution in [0, 0.1) is 5.92 Å². The topological polar surface area (TPSA) is 125 Å². The second-order valence-corrected chi connectivity index (χ2v) is 8.94. The van der Waals surface area contributed by atoms with Gasteiger partial charge in [-0.2, -0.15) is 0 Å².